The van der Waals surface area contributed by atoms with Crippen LogP contribution >= 0.6 is 23.4 Å². The number of hydrogen-bond acceptors (Lipinski definition) is 2. The maximum absolute atomic E-state index is 13.2. The van der Waals surface area contributed by atoms with Crippen LogP contribution in [-0.2, 0) is 4.79 Å². The van der Waals surface area contributed by atoms with Crippen LogP contribution in [0.5, 0.6) is 0 Å². The average molecular weight is 261 g/mol. The van der Waals surface area contributed by atoms with Crippen LogP contribution in [0.2, 0.25) is 5.02 Å². The molecule has 1 aromatic carbocycles. The quantitative estimate of drug-likeness (QED) is 0.753. The maximum atomic E-state index is 13.2. The van der Waals surface area contributed by atoms with Gasteiger partial charge in [0.2, 0.25) is 0 Å². The van der Waals surface area contributed by atoms with Gasteiger partial charge in [0.05, 0.1) is 10.3 Å². The summed E-state index contributed by atoms with van der Waals surface area (Å²) in [6, 6.07) is 2.99. The molecule has 88 valence electrons. The third-order valence-electron chi connectivity index (χ3n) is 2.31. The standard InChI is InChI=1S/C12H14ClFOS/c1-4-11(8(3)15)16-12-5-7(2)10(14)6-9(12)13/h5-6,11H,4H2,1-3H3. The van der Waals surface area contributed by atoms with Crippen LogP contribution in [0.4, 0.5) is 4.39 Å². The Bertz CT molecular complexity index is 406. The predicted molar refractivity (Wildman–Crippen MR) is 66.8 cm³/mol. The van der Waals surface area contributed by atoms with E-state index in [1.807, 2.05) is 6.92 Å². The Balaban J connectivity index is 2.96. The van der Waals surface area contributed by atoms with Gasteiger partial charge in [-0.15, -0.1) is 11.8 Å². The minimum atomic E-state index is -0.315. The number of carbonyl (C=O) groups excluding carboxylic acids is 1. The van der Waals surface area contributed by atoms with Crippen molar-refractivity contribution in [2.24, 2.45) is 0 Å². The molecule has 1 atom stereocenters. The average Bonchev–Trinajstić information content (AvgIpc) is 2.21. The summed E-state index contributed by atoms with van der Waals surface area (Å²) in [5.74, 6) is -0.198. The molecule has 16 heavy (non-hydrogen) atoms. The topological polar surface area (TPSA) is 17.1 Å². The van der Waals surface area contributed by atoms with Crippen LogP contribution in [0, 0.1) is 12.7 Å². The lowest BCUT2D eigenvalue weighted by Crippen LogP contribution is -2.11. The summed E-state index contributed by atoms with van der Waals surface area (Å²) in [6.45, 7) is 5.19. The van der Waals surface area contributed by atoms with Crippen molar-refractivity contribution < 1.29 is 9.18 Å². The van der Waals surface area contributed by atoms with Gasteiger partial charge in [0.25, 0.3) is 0 Å². The number of carbonyl (C=O) groups is 1. The second-order valence-electron chi connectivity index (χ2n) is 3.66. The van der Waals surface area contributed by atoms with E-state index < -0.39 is 0 Å². The molecule has 0 saturated carbocycles. The first-order valence-electron chi connectivity index (χ1n) is 5.08. The van der Waals surface area contributed by atoms with Gasteiger partial charge in [-0.2, -0.15) is 0 Å². The van der Waals surface area contributed by atoms with Crippen molar-refractivity contribution in [3.05, 3.63) is 28.5 Å². The second kappa shape index (κ2) is 5.69. The maximum Gasteiger partial charge on any atom is 0.143 e. The molecule has 4 heteroatoms. The van der Waals surface area contributed by atoms with Gasteiger partial charge in [-0.1, -0.05) is 18.5 Å². The van der Waals surface area contributed by atoms with Crippen molar-refractivity contribution in [3.63, 3.8) is 0 Å². The molecule has 0 aliphatic heterocycles. The van der Waals surface area contributed by atoms with E-state index >= 15 is 0 Å². The lowest BCUT2D eigenvalue weighted by molar-refractivity contribution is -0.116. The minimum absolute atomic E-state index is 0.109. The first-order chi connectivity index (χ1) is 7.45. The lowest BCUT2D eigenvalue weighted by atomic mass is 10.2. The van der Waals surface area contributed by atoms with Crippen molar-refractivity contribution in [2.45, 2.75) is 37.3 Å². The summed E-state index contributed by atoms with van der Waals surface area (Å²) in [7, 11) is 0. The molecule has 0 N–H and O–H groups in total. The van der Waals surface area contributed by atoms with E-state index in [-0.39, 0.29) is 16.9 Å². The fourth-order valence-electron chi connectivity index (χ4n) is 1.33. The van der Waals surface area contributed by atoms with Crippen molar-refractivity contribution in [2.75, 3.05) is 0 Å². The van der Waals surface area contributed by atoms with Crippen LogP contribution in [0.15, 0.2) is 17.0 Å². The van der Waals surface area contributed by atoms with E-state index in [0.29, 0.717) is 10.6 Å². The Morgan fingerprint density at radius 3 is 2.69 bits per heavy atom. The van der Waals surface area contributed by atoms with E-state index in [1.54, 1.807) is 19.9 Å². The third kappa shape index (κ3) is 3.22. The van der Waals surface area contributed by atoms with Crippen LogP contribution in [-0.4, -0.2) is 11.0 Å². The second-order valence-corrected chi connectivity index (χ2v) is 5.31. The Hall–Kier alpha value is -0.540. The number of ketones is 1. The number of hydrogen-bond donors (Lipinski definition) is 0. The fraction of sp³-hybridized carbons (Fsp3) is 0.417. The summed E-state index contributed by atoms with van der Waals surface area (Å²) in [5, 5.41) is 0.259. The molecule has 0 heterocycles. The number of benzene rings is 1. The van der Waals surface area contributed by atoms with Crippen LogP contribution in [0.1, 0.15) is 25.8 Å². The molecule has 0 radical (unpaired) electrons. The highest BCUT2D eigenvalue weighted by Gasteiger charge is 2.16. The normalized spacial score (nSPS) is 12.6. The zero-order valence-corrected chi connectivity index (χ0v) is 11.1. The highest BCUT2D eigenvalue weighted by molar-refractivity contribution is 8.00. The molecule has 0 aliphatic carbocycles. The van der Waals surface area contributed by atoms with Crippen molar-refractivity contribution in [1.29, 1.82) is 0 Å². The lowest BCUT2D eigenvalue weighted by Gasteiger charge is -2.12. The minimum Gasteiger partial charge on any atom is -0.299 e. The van der Waals surface area contributed by atoms with Crippen molar-refractivity contribution in [1.82, 2.24) is 0 Å². The molecule has 0 aliphatic rings. The molecule has 0 fully saturated rings. The van der Waals surface area contributed by atoms with Crippen molar-refractivity contribution >= 4 is 29.1 Å². The Kier molecular flexibility index (Phi) is 4.81. The molecule has 0 aromatic heterocycles. The molecular formula is C12H14ClFOS. The highest BCUT2D eigenvalue weighted by Crippen LogP contribution is 2.33. The first kappa shape index (κ1) is 13.5. The van der Waals surface area contributed by atoms with Gasteiger partial charge in [0.15, 0.2) is 0 Å². The van der Waals surface area contributed by atoms with Gasteiger partial charge in [0, 0.05) is 4.90 Å². The zero-order valence-electron chi connectivity index (χ0n) is 9.51. The van der Waals surface area contributed by atoms with Gasteiger partial charge in [-0.3, -0.25) is 4.79 Å². The monoisotopic (exact) mass is 260 g/mol. The number of aryl methyl sites for hydroxylation is 1. The summed E-state index contributed by atoms with van der Waals surface area (Å²) in [5.41, 5.74) is 0.547. The molecule has 1 nitrogen and oxygen atoms in total. The molecule has 1 rings (SSSR count). The van der Waals surface area contributed by atoms with Gasteiger partial charge < -0.3 is 0 Å². The number of Topliss-reactive ketones (excluding diaryl/α,β-unsaturated/α-hetero) is 1. The van der Waals surface area contributed by atoms with E-state index in [9.17, 15) is 9.18 Å². The molecule has 1 unspecified atom stereocenters. The SMILES string of the molecule is CCC(Sc1cc(C)c(F)cc1Cl)C(C)=O. The van der Waals surface area contributed by atoms with E-state index in [2.05, 4.69) is 0 Å². The number of halogens is 2. The van der Waals surface area contributed by atoms with Crippen LogP contribution in [0.25, 0.3) is 0 Å². The van der Waals surface area contributed by atoms with Crippen LogP contribution < -0.4 is 0 Å². The number of rotatable bonds is 4. The first-order valence-corrected chi connectivity index (χ1v) is 6.34. The molecule has 0 bridgehead atoms. The summed E-state index contributed by atoms with van der Waals surface area (Å²) < 4.78 is 13.2. The zero-order chi connectivity index (χ0) is 12.3. The Morgan fingerprint density at radius 2 is 2.19 bits per heavy atom. The van der Waals surface area contributed by atoms with Crippen molar-refractivity contribution in [3.8, 4) is 0 Å². The smallest absolute Gasteiger partial charge is 0.143 e. The Labute approximate surface area is 104 Å². The van der Waals surface area contributed by atoms with Gasteiger partial charge in [-0.05, 0) is 38.0 Å². The van der Waals surface area contributed by atoms with E-state index in [1.165, 1.54) is 17.8 Å². The fourth-order valence-corrected chi connectivity index (χ4v) is 2.67. The molecule has 1 aromatic rings. The van der Waals surface area contributed by atoms with Gasteiger partial charge in [-0.25, -0.2) is 4.39 Å². The predicted octanol–water partition coefficient (Wildman–Crippen LogP) is 4.25. The third-order valence-corrected chi connectivity index (χ3v) is 4.27. The van der Waals surface area contributed by atoms with E-state index in [4.69, 9.17) is 11.6 Å². The molecule has 0 amide bonds. The molecular weight excluding hydrogens is 247 g/mol. The van der Waals surface area contributed by atoms with Gasteiger partial charge in [0.1, 0.15) is 11.6 Å². The van der Waals surface area contributed by atoms with E-state index in [0.717, 1.165) is 11.3 Å². The van der Waals surface area contributed by atoms with Gasteiger partial charge >= 0.3 is 0 Å². The highest BCUT2D eigenvalue weighted by atomic mass is 35.5. The largest absolute Gasteiger partial charge is 0.299 e. The summed E-state index contributed by atoms with van der Waals surface area (Å²) >= 11 is 7.33. The molecule has 0 saturated heterocycles. The number of thioether (sulfide) groups is 1. The summed E-state index contributed by atoms with van der Waals surface area (Å²) in [6.07, 6.45) is 0.743. The summed E-state index contributed by atoms with van der Waals surface area (Å²) in [4.78, 5) is 12.1. The Morgan fingerprint density at radius 1 is 1.56 bits per heavy atom. The van der Waals surface area contributed by atoms with Crippen LogP contribution in [0.3, 0.4) is 0 Å². The molecule has 0 spiro atoms.